The van der Waals surface area contributed by atoms with E-state index in [9.17, 15) is 14.5 Å². The largest absolute Gasteiger partial charge is 0.380 e. The highest BCUT2D eigenvalue weighted by Gasteiger charge is 2.11. The molecule has 0 bridgehead atoms. The zero-order valence-electron chi connectivity index (χ0n) is 8.66. The molecule has 0 fully saturated rings. The average Bonchev–Trinajstić information content (AvgIpc) is 2.20. The van der Waals surface area contributed by atoms with Crippen LogP contribution in [0.1, 0.15) is 20.3 Å². The standard InChI is InChI=1S/C10H13FN2O2/c1-3-7(2)12-10-6-8(13(14)15)4-5-9(10)11/h4-7,12H,3H2,1-2H3. The van der Waals surface area contributed by atoms with Crippen LogP contribution in [0.4, 0.5) is 15.8 Å². The third-order valence-electron chi connectivity index (χ3n) is 2.18. The molecule has 1 atom stereocenters. The van der Waals surface area contributed by atoms with Gasteiger partial charge in [-0.2, -0.15) is 0 Å². The first-order chi connectivity index (χ1) is 7.04. The van der Waals surface area contributed by atoms with E-state index in [1.54, 1.807) is 0 Å². The van der Waals surface area contributed by atoms with Crippen molar-refractivity contribution < 1.29 is 9.31 Å². The lowest BCUT2D eigenvalue weighted by Gasteiger charge is -2.13. The van der Waals surface area contributed by atoms with E-state index in [2.05, 4.69) is 5.32 Å². The van der Waals surface area contributed by atoms with Crippen molar-refractivity contribution >= 4 is 11.4 Å². The minimum Gasteiger partial charge on any atom is -0.380 e. The van der Waals surface area contributed by atoms with Gasteiger partial charge in [-0.3, -0.25) is 10.1 Å². The lowest BCUT2D eigenvalue weighted by Crippen LogP contribution is -2.14. The fourth-order valence-corrected chi connectivity index (χ4v) is 1.10. The predicted octanol–water partition coefficient (Wildman–Crippen LogP) is 2.94. The predicted molar refractivity (Wildman–Crippen MR) is 56.4 cm³/mol. The molecule has 1 rings (SSSR count). The lowest BCUT2D eigenvalue weighted by molar-refractivity contribution is -0.384. The Hall–Kier alpha value is -1.65. The van der Waals surface area contributed by atoms with Crippen LogP contribution >= 0.6 is 0 Å². The molecule has 0 aliphatic rings. The zero-order valence-corrected chi connectivity index (χ0v) is 8.66. The highest BCUT2D eigenvalue weighted by Crippen LogP contribution is 2.22. The van der Waals surface area contributed by atoms with Gasteiger partial charge >= 0.3 is 0 Å². The second kappa shape index (κ2) is 4.72. The van der Waals surface area contributed by atoms with Crippen LogP contribution in [-0.2, 0) is 0 Å². The fourth-order valence-electron chi connectivity index (χ4n) is 1.10. The number of hydrogen-bond acceptors (Lipinski definition) is 3. The summed E-state index contributed by atoms with van der Waals surface area (Å²) in [4.78, 5) is 9.93. The number of rotatable bonds is 4. The van der Waals surface area contributed by atoms with E-state index in [-0.39, 0.29) is 17.4 Å². The molecule has 0 saturated carbocycles. The molecule has 0 spiro atoms. The summed E-state index contributed by atoms with van der Waals surface area (Å²) >= 11 is 0. The molecule has 1 unspecified atom stereocenters. The summed E-state index contributed by atoms with van der Waals surface area (Å²) in [5, 5.41) is 13.4. The molecule has 0 aliphatic carbocycles. The van der Waals surface area contributed by atoms with Gasteiger partial charge in [-0.25, -0.2) is 4.39 Å². The van der Waals surface area contributed by atoms with Gasteiger partial charge in [0.05, 0.1) is 10.6 Å². The Morgan fingerprint density at radius 3 is 2.80 bits per heavy atom. The molecule has 5 heteroatoms. The van der Waals surface area contributed by atoms with E-state index >= 15 is 0 Å². The summed E-state index contributed by atoms with van der Waals surface area (Å²) in [5.41, 5.74) is 0.0701. The van der Waals surface area contributed by atoms with Crippen LogP contribution < -0.4 is 5.32 Å². The van der Waals surface area contributed by atoms with Crippen LogP contribution in [0.25, 0.3) is 0 Å². The van der Waals surface area contributed by atoms with E-state index in [0.717, 1.165) is 18.6 Å². The number of nitro groups is 1. The van der Waals surface area contributed by atoms with Crippen molar-refractivity contribution in [3.8, 4) is 0 Å². The van der Waals surface area contributed by atoms with Gasteiger partial charge in [0.2, 0.25) is 0 Å². The second-order valence-corrected chi connectivity index (χ2v) is 3.37. The number of hydrogen-bond donors (Lipinski definition) is 1. The van der Waals surface area contributed by atoms with E-state index in [1.807, 2.05) is 13.8 Å². The first-order valence-corrected chi connectivity index (χ1v) is 4.75. The molecule has 15 heavy (non-hydrogen) atoms. The van der Waals surface area contributed by atoms with Crippen LogP contribution in [0.3, 0.4) is 0 Å². The Morgan fingerprint density at radius 2 is 2.27 bits per heavy atom. The van der Waals surface area contributed by atoms with Crippen LogP contribution in [0.5, 0.6) is 0 Å². The molecule has 0 aromatic heterocycles. The zero-order chi connectivity index (χ0) is 11.4. The van der Waals surface area contributed by atoms with Crippen molar-refractivity contribution in [1.29, 1.82) is 0 Å². The molecule has 82 valence electrons. The Bertz CT molecular complexity index is 368. The second-order valence-electron chi connectivity index (χ2n) is 3.37. The smallest absolute Gasteiger partial charge is 0.271 e. The normalized spacial score (nSPS) is 12.2. The molecule has 4 nitrogen and oxygen atoms in total. The van der Waals surface area contributed by atoms with Crippen molar-refractivity contribution in [3.63, 3.8) is 0 Å². The summed E-state index contributed by atoms with van der Waals surface area (Å²) in [5.74, 6) is -0.471. The van der Waals surface area contributed by atoms with Gasteiger partial charge < -0.3 is 5.32 Å². The monoisotopic (exact) mass is 212 g/mol. The summed E-state index contributed by atoms with van der Waals surface area (Å²) in [6, 6.07) is 3.54. The number of nitro benzene ring substituents is 1. The van der Waals surface area contributed by atoms with E-state index in [0.29, 0.717) is 0 Å². The first kappa shape index (κ1) is 11.4. The Labute approximate surface area is 87.3 Å². The summed E-state index contributed by atoms with van der Waals surface area (Å²) in [6.07, 6.45) is 0.822. The number of nitrogens with zero attached hydrogens (tertiary/aromatic N) is 1. The summed E-state index contributed by atoms with van der Waals surface area (Å²) in [6.45, 7) is 3.84. The number of anilines is 1. The Morgan fingerprint density at radius 1 is 1.60 bits per heavy atom. The molecule has 0 aliphatic heterocycles. The molecule has 0 saturated heterocycles. The highest BCUT2D eigenvalue weighted by atomic mass is 19.1. The maximum Gasteiger partial charge on any atom is 0.271 e. The van der Waals surface area contributed by atoms with Gasteiger partial charge in [0.1, 0.15) is 5.82 Å². The lowest BCUT2D eigenvalue weighted by atomic mass is 10.2. The van der Waals surface area contributed by atoms with Gasteiger partial charge in [-0.15, -0.1) is 0 Å². The maximum atomic E-state index is 13.2. The number of halogens is 1. The molecule has 0 radical (unpaired) electrons. The van der Waals surface area contributed by atoms with Gasteiger partial charge in [0.25, 0.3) is 5.69 Å². The molecular weight excluding hydrogens is 199 g/mol. The van der Waals surface area contributed by atoms with Crippen LogP contribution in [0, 0.1) is 15.9 Å². The number of non-ortho nitro benzene ring substituents is 1. The molecule has 0 heterocycles. The summed E-state index contributed by atoms with van der Waals surface area (Å²) in [7, 11) is 0. The van der Waals surface area contributed by atoms with Crippen LogP contribution in [0.15, 0.2) is 18.2 Å². The minimum atomic E-state index is -0.540. The fraction of sp³-hybridized carbons (Fsp3) is 0.400. The molecule has 1 aromatic rings. The molecule has 1 N–H and O–H groups in total. The number of nitrogens with one attached hydrogen (secondary N) is 1. The first-order valence-electron chi connectivity index (χ1n) is 4.75. The Kier molecular flexibility index (Phi) is 3.60. The van der Waals surface area contributed by atoms with Gasteiger partial charge in [0, 0.05) is 18.2 Å². The van der Waals surface area contributed by atoms with Crippen molar-refractivity contribution in [3.05, 3.63) is 34.1 Å². The van der Waals surface area contributed by atoms with E-state index in [4.69, 9.17) is 0 Å². The van der Waals surface area contributed by atoms with Gasteiger partial charge in [-0.05, 0) is 19.4 Å². The van der Waals surface area contributed by atoms with Crippen molar-refractivity contribution in [2.24, 2.45) is 0 Å². The van der Waals surface area contributed by atoms with Crippen LogP contribution in [-0.4, -0.2) is 11.0 Å². The van der Waals surface area contributed by atoms with Crippen molar-refractivity contribution in [2.75, 3.05) is 5.32 Å². The van der Waals surface area contributed by atoms with Gasteiger partial charge in [0.15, 0.2) is 0 Å². The van der Waals surface area contributed by atoms with E-state index < -0.39 is 10.7 Å². The van der Waals surface area contributed by atoms with Crippen molar-refractivity contribution in [2.45, 2.75) is 26.3 Å². The highest BCUT2D eigenvalue weighted by molar-refractivity contribution is 5.52. The van der Waals surface area contributed by atoms with Crippen LogP contribution in [0.2, 0.25) is 0 Å². The quantitative estimate of drug-likeness (QED) is 0.616. The number of benzene rings is 1. The Balaban J connectivity index is 2.95. The SMILES string of the molecule is CCC(C)Nc1cc([N+](=O)[O-])ccc1F. The van der Waals surface area contributed by atoms with E-state index in [1.165, 1.54) is 6.07 Å². The molecule has 0 amide bonds. The third-order valence-corrected chi connectivity index (χ3v) is 2.18. The minimum absolute atomic E-state index is 0.0847. The summed E-state index contributed by atoms with van der Waals surface area (Å²) < 4.78 is 13.2. The molecule has 1 aromatic carbocycles. The maximum absolute atomic E-state index is 13.2. The third kappa shape index (κ3) is 2.90. The molecular formula is C10H13FN2O2. The van der Waals surface area contributed by atoms with Gasteiger partial charge in [-0.1, -0.05) is 6.92 Å². The average molecular weight is 212 g/mol. The topological polar surface area (TPSA) is 55.2 Å². The van der Waals surface area contributed by atoms with Crippen molar-refractivity contribution in [1.82, 2.24) is 0 Å².